The Hall–Kier alpha value is -3.09. The molecule has 1 atom stereocenters. The fraction of sp³-hybridized carbons (Fsp3) is 0.286. The maximum Gasteiger partial charge on any atom is 0.387 e. The number of halogens is 4. The number of hydrogen-bond donors (Lipinski definition) is 2. The highest BCUT2D eigenvalue weighted by molar-refractivity contribution is 7.09. The topological polar surface area (TPSA) is 84.3 Å². The van der Waals surface area contributed by atoms with Crippen molar-refractivity contribution >= 4 is 22.7 Å². The zero-order valence-electron chi connectivity index (χ0n) is 17.0. The van der Waals surface area contributed by atoms with E-state index in [0.717, 1.165) is 10.9 Å². The van der Waals surface area contributed by atoms with Gasteiger partial charge in [-0.25, -0.2) is 0 Å². The second-order valence-corrected chi connectivity index (χ2v) is 7.56. The summed E-state index contributed by atoms with van der Waals surface area (Å²) in [6, 6.07) is 10.4. The molecule has 1 aromatic heterocycles. The van der Waals surface area contributed by atoms with Gasteiger partial charge in [0.2, 0.25) is 0 Å². The van der Waals surface area contributed by atoms with Gasteiger partial charge in [0.15, 0.2) is 11.5 Å². The van der Waals surface area contributed by atoms with E-state index in [-0.39, 0.29) is 13.2 Å². The normalized spacial score (nSPS) is 12.1. The number of benzene rings is 2. The number of ether oxygens (including phenoxy) is 3. The van der Waals surface area contributed by atoms with E-state index in [1.165, 1.54) is 23.5 Å². The number of rotatable bonds is 12. The van der Waals surface area contributed by atoms with Crippen molar-refractivity contribution < 1.29 is 42.0 Å². The number of aliphatic hydroxyl groups excluding tert-OH is 2. The van der Waals surface area contributed by atoms with Gasteiger partial charge in [0.05, 0.1) is 18.7 Å². The molecule has 0 aliphatic carbocycles. The van der Waals surface area contributed by atoms with Crippen molar-refractivity contribution in [3.05, 3.63) is 59.0 Å². The molecule has 3 rings (SSSR count). The van der Waals surface area contributed by atoms with Crippen LogP contribution in [-0.2, 0) is 6.54 Å². The number of hydrogen-bond acceptors (Lipinski definition) is 8. The summed E-state index contributed by atoms with van der Waals surface area (Å²) in [6.07, 6.45) is 0.582. The fourth-order valence-electron chi connectivity index (χ4n) is 2.84. The van der Waals surface area contributed by atoms with Gasteiger partial charge in [-0.2, -0.15) is 17.6 Å². The van der Waals surface area contributed by atoms with Crippen LogP contribution >= 0.6 is 11.3 Å². The van der Waals surface area contributed by atoms with Crippen molar-refractivity contribution in [3.8, 4) is 17.2 Å². The first-order valence-electron chi connectivity index (χ1n) is 9.56. The number of alkyl halides is 4. The van der Waals surface area contributed by atoms with Crippen LogP contribution in [0.15, 0.2) is 54.2 Å². The predicted molar refractivity (Wildman–Crippen MR) is 113 cm³/mol. The van der Waals surface area contributed by atoms with Crippen molar-refractivity contribution in [2.45, 2.75) is 25.9 Å². The maximum atomic E-state index is 12.9. The molecule has 1 heterocycles. The van der Waals surface area contributed by atoms with E-state index in [2.05, 4.69) is 14.5 Å². The third-order valence-electron chi connectivity index (χ3n) is 4.25. The van der Waals surface area contributed by atoms with Gasteiger partial charge >= 0.3 is 13.2 Å². The molecule has 0 amide bonds. The molecule has 0 fully saturated rings. The van der Waals surface area contributed by atoms with Gasteiger partial charge in [-0.05, 0) is 24.3 Å². The molecule has 2 N–H and O–H groups in total. The summed E-state index contributed by atoms with van der Waals surface area (Å²) in [6.45, 7) is -6.79. The van der Waals surface area contributed by atoms with Crippen LogP contribution in [0.1, 0.15) is 4.88 Å². The van der Waals surface area contributed by atoms with Crippen LogP contribution in [0.3, 0.4) is 0 Å². The SMILES string of the molecule is OCC(O)COc1cccc(N(Cc2cncs2)c2ccc(OC(F)F)c(OC(F)F)c2)c1. The van der Waals surface area contributed by atoms with Crippen LogP contribution in [0.25, 0.3) is 0 Å². The Morgan fingerprint density at radius 3 is 2.36 bits per heavy atom. The maximum absolute atomic E-state index is 12.9. The molecule has 0 radical (unpaired) electrons. The van der Waals surface area contributed by atoms with Crippen molar-refractivity contribution in [3.63, 3.8) is 0 Å². The number of thiazole rings is 1. The Balaban J connectivity index is 1.97. The van der Waals surface area contributed by atoms with Gasteiger partial charge in [0, 0.05) is 34.6 Å². The largest absolute Gasteiger partial charge is 0.491 e. The molecule has 33 heavy (non-hydrogen) atoms. The first-order chi connectivity index (χ1) is 15.9. The highest BCUT2D eigenvalue weighted by Gasteiger charge is 2.19. The first kappa shape index (κ1) is 24.6. The summed E-state index contributed by atoms with van der Waals surface area (Å²) >= 11 is 1.37. The van der Waals surface area contributed by atoms with Crippen molar-refractivity contribution in [1.29, 1.82) is 0 Å². The molecule has 12 heteroatoms. The number of aromatic nitrogens is 1. The lowest BCUT2D eigenvalue weighted by Gasteiger charge is -2.26. The summed E-state index contributed by atoms with van der Waals surface area (Å²) in [5, 5.41) is 18.5. The quantitative estimate of drug-likeness (QED) is 0.365. The van der Waals surface area contributed by atoms with E-state index in [0.29, 0.717) is 17.1 Å². The zero-order chi connectivity index (χ0) is 23.8. The van der Waals surface area contributed by atoms with E-state index >= 15 is 0 Å². The standard InChI is InChI=1S/C21H20F4N2O5S/c22-20(23)31-18-5-4-14(7-19(18)32-21(24)25)27(9-17-8-26-12-33-17)13-2-1-3-16(6-13)30-11-15(29)10-28/h1-8,12,15,20-21,28-29H,9-11H2. The molecule has 0 aliphatic rings. The Morgan fingerprint density at radius 2 is 1.70 bits per heavy atom. The van der Waals surface area contributed by atoms with Crippen molar-refractivity contribution in [2.24, 2.45) is 0 Å². The van der Waals surface area contributed by atoms with Crippen molar-refractivity contribution in [1.82, 2.24) is 4.98 Å². The fourth-order valence-corrected chi connectivity index (χ4v) is 3.42. The lowest BCUT2D eigenvalue weighted by molar-refractivity contribution is -0.0692. The van der Waals surface area contributed by atoms with E-state index in [9.17, 15) is 22.7 Å². The molecule has 178 valence electrons. The van der Waals surface area contributed by atoms with Crippen LogP contribution in [0, 0.1) is 0 Å². The van der Waals surface area contributed by atoms with E-state index in [4.69, 9.17) is 9.84 Å². The summed E-state index contributed by atoms with van der Waals surface area (Å²) in [4.78, 5) is 6.58. The average molecular weight is 488 g/mol. The van der Waals surface area contributed by atoms with Gasteiger partial charge < -0.3 is 29.3 Å². The van der Waals surface area contributed by atoms with E-state index in [1.807, 2.05) is 0 Å². The minimum Gasteiger partial charge on any atom is -0.491 e. The average Bonchev–Trinajstić information content (AvgIpc) is 3.30. The third-order valence-corrected chi connectivity index (χ3v) is 5.02. The van der Waals surface area contributed by atoms with Gasteiger partial charge in [0.1, 0.15) is 18.5 Å². The molecule has 2 aromatic carbocycles. The minimum absolute atomic E-state index is 0.138. The lowest BCUT2D eigenvalue weighted by atomic mass is 10.2. The monoisotopic (exact) mass is 488 g/mol. The Labute approximate surface area is 190 Å². The third kappa shape index (κ3) is 7.20. The van der Waals surface area contributed by atoms with E-state index < -0.39 is 37.4 Å². The summed E-state index contributed by atoms with van der Waals surface area (Å²) in [5.41, 5.74) is 2.56. The Morgan fingerprint density at radius 1 is 0.970 bits per heavy atom. The van der Waals surface area contributed by atoms with Crippen molar-refractivity contribution in [2.75, 3.05) is 18.1 Å². The summed E-state index contributed by atoms with van der Waals surface area (Å²) in [5.74, 6) is -0.687. The molecule has 7 nitrogen and oxygen atoms in total. The smallest absolute Gasteiger partial charge is 0.387 e. The lowest BCUT2D eigenvalue weighted by Crippen LogP contribution is -2.21. The zero-order valence-corrected chi connectivity index (χ0v) is 17.8. The molecule has 1 unspecified atom stereocenters. The number of nitrogens with zero attached hydrogens (tertiary/aromatic N) is 2. The molecule has 0 spiro atoms. The molecule has 0 saturated carbocycles. The molecule has 0 bridgehead atoms. The van der Waals surface area contributed by atoms with Gasteiger partial charge in [0.25, 0.3) is 0 Å². The molecular weight excluding hydrogens is 468 g/mol. The Bertz CT molecular complexity index is 1010. The number of aliphatic hydroxyl groups is 2. The summed E-state index contributed by atoms with van der Waals surface area (Å²) < 4.78 is 65.3. The molecule has 0 saturated heterocycles. The van der Waals surface area contributed by atoms with Crippen LogP contribution in [-0.4, -0.2) is 47.7 Å². The molecular formula is C21H20F4N2O5S. The predicted octanol–water partition coefficient (Wildman–Crippen LogP) is 4.42. The van der Waals surface area contributed by atoms with E-state index in [1.54, 1.807) is 40.9 Å². The Kier molecular flexibility index (Phi) is 8.69. The first-order valence-corrected chi connectivity index (χ1v) is 10.4. The molecule has 3 aromatic rings. The highest BCUT2D eigenvalue weighted by Crippen LogP contribution is 2.38. The second-order valence-electron chi connectivity index (χ2n) is 6.59. The minimum atomic E-state index is -3.25. The highest BCUT2D eigenvalue weighted by atomic mass is 32.1. The van der Waals surface area contributed by atoms with Crippen LogP contribution < -0.4 is 19.1 Å². The second kappa shape index (κ2) is 11.7. The van der Waals surface area contributed by atoms with Gasteiger partial charge in [-0.15, -0.1) is 11.3 Å². The summed E-state index contributed by atoms with van der Waals surface area (Å²) in [7, 11) is 0. The van der Waals surface area contributed by atoms with Gasteiger partial charge in [-0.1, -0.05) is 6.07 Å². The molecule has 0 aliphatic heterocycles. The van der Waals surface area contributed by atoms with Crippen LogP contribution in [0.4, 0.5) is 28.9 Å². The van der Waals surface area contributed by atoms with Gasteiger partial charge in [-0.3, -0.25) is 4.98 Å². The number of anilines is 2. The van der Waals surface area contributed by atoms with Crippen LogP contribution in [0.5, 0.6) is 17.2 Å². The van der Waals surface area contributed by atoms with Crippen LogP contribution in [0.2, 0.25) is 0 Å².